The Bertz CT molecular complexity index is 1190. The molecule has 0 saturated carbocycles. The number of anilines is 2. The molecule has 6 nitrogen and oxygen atoms in total. The standard InChI is InChI=1S/C24H21ClN2O4S/c1-14(2)31-17-9-7-16(8-10-17)27-23(28)21(20-5-4-12-32-20)22(24(27)29)26-18-13-15(25)6-11-19(18)30-3/h4-14,26H,1-3H3. The largest absolute Gasteiger partial charge is 0.495 e. The highest BCUT2D eigenvalue weighted by atomic mass is 35.5. The van der Waals surface area contributed by atoms with E-state index in [4.69, 9.17) is 21.1 Å². The molecule has 0 aliphatic carbocycles. The van der Waals surface area contributed by atoms with E-state index in [9.17, 15) is 9.59 Å². The molecule has 2 heterocycles. The SMILES string of the molecule is COc1ccc(Cl)cc1NC1=C(c2cccs2)C(=O)N(c2ccc(OC(C)C)cc2)C1=O. The first kappa shape index (κ1) is 21.9. The highest BCUT2D eigenvalue weighted by molar-refractivity contribution is 7.11. The van der Waals surface area contributed by atoms with Crippen LogP contribution in [-0.4, -0.2) is 25.0 Å². The van der Waals surface area contributed by atoms with Crippen LogP contribution in [0.2, 0.25) is 5.02 Å². The second-order valence-electron chi connectivity index (χ2n) is 7.30. The molecule has 1 aromatic heterocycles. The van der Waals surface area contributed by atoms with Gasteiger partial charge >= 0.3 is 0 Å². The van der Waals surface area contributed by atoms with Crippen molar-refractivity contribution in [3.8, 4) is 11.5 Å². The number of halogens is 1. The van der Waals surface area contributed by atoms with Crippen LogP contribution < -0.4 is 19.7 Å². The average molecular weight is 469 g/mol. The summed E-state index contributed by atoms with van der Waals surface area (Å²) in [5, 5.41) is 5.43. The molecule has 0 bridgehead atoms. The first-order valence-electron chi connectivity index (χ1n) is 9.93. The quantitative estimate of drug-likeness (QED) is 0.457. The molecular weight excluding hydrogens is 448 g/mol. The normalized spacial score (nSPS) is 13.8. The van der Waals surface area contributed by atoms with Gasteiger partial charge in [-0.2, -0.15) is 0 Å². The minimum atomic E-state index is -0.460. The maximum absolute atomic E-state index is 13.5. The summed E-state index contributed by atoms with van der Waals surface area (Å²) in [5.41, 5.74) is 1.42. The van der Waals surface area contributed by atoms with E-state index in [1.807, 2.05) is 31.4 Å². The van der Waals surface area contributed by atoms with E-state index in [-0.39, 0.29) is 11.8 Å². The van der Waals surface area contributed by atoms with Crippen molar-refractivity contribution in [1.29, 1.82) is 0 Å². The fraction of sp³-hybridized carbons (Fsp3) is 0.167. The Kier molecular flexibility index (Phi) is 6.21. The van der Waals surface area contributed by atoms with Crippen molar-refractivity contribution in [2.24, 2.45) is 0 Å². The fourth-order valence-corrected chi connectivity index (χ4v) is 4.33. The summed E-state index contributed by atoms with van der Waals surface area (Å²) in [6.07, 6.45) is 0.0199. The molecule has 164 valence electrons. The van der Waals surface area contributed by atoms with Gasteiger partial charge in [0, 0.05) is 9.90 Å². The molecule has 0 spiro atoms. The number of amides is 2. The summed E-state index contributed by atoms with van der Waals surface area (Å²) in [6.45, 7) is 3.86. The maximum atomic E-state index is 13.5. The minimum Gasteiger partial charge on any atom is -0.495 e. The van der Waals surface area contributed by atoms with Gasteiger partial charge in [0.1, 0.15) is 17.2 Å². The molecule has 1 aliphatic rings. The third kappa shape index (κ3) is 4.22. The number of hydrogen-bond acceptors (Lipinski definition) is 6. The number of rotatable bonds is 7. The van der Waals surface area contributed by atoms with Crippen molar-refractivity contribution >= 4 is 51.7 Å². The smallest absolute Gasteiger partial charge is 0.282 e. The van der Waals surface area contributed by atoms with Gasteiger partial charge in [0.2, 0.25) is 0 Å². The molecular formula is C24H21ClN2O4S. The molecule has 0 unspecified atom stereocenters. The van der Waals surface area contributed by atoms with Gasteiger partial charge in [-0.3, -0.25) is 9.59 Å². The number of imide groups is 1. The van der Waals surface area contributed by atoms with Crippen molar-refractivity contribution < 1.29 is 19.1 Å². The lowest BCUT2D eigenvalue weighted by Crippen LogP contribution is -2.32. The van der Waals surface area contributed by atoms with Crippen LogP contribution in [0.3, 0.4) is 0 Å². The highest BCUT2D eigenvalue weighted by Gasteiger charge is 2.41. The van der Waals surface area contributed by atoms with Crippen molar-refractivity contribution in [3.05, 3.63) is 75.6 Å². The van der Waals surface area contributed by atoms with E-state index in [1.165, 1.54) is 18.4 Å². The number of nitrogens with zero attached hydrogens (tertiary/aromatic N) is 1. The third-order valence-corrected chi connectivity index (χ3v) is 5.86. The third-order valence-electron chi connectivity index (χ3n) is 4.74. The second kappa shape index (κ2) is 9.06. The Morgan fingerprint density at radius 3 is 2.41 bits per heavy atom. The molecule has 0 atom stereocenters. The summed E-state index contributed by atoms with van der Waals surface area (Å²) in [6, 6.07) is 15.6. The minimum absolute atomic E-state index is 0.0199. The Balaban J connectivity index is 1.74. The maximum Gasteiger partial charge on any atom is 0.282 e. The Hall–Kier alpha value is -3.29. The number of carbonyl (C=O) groups is 2. The van der Waals surface area contributed by atoms with Gasteiger partial charge in [-0.15, -0.1) is 11.3 Å². The molecule has 0 fully saturated rings. The van der Waals surface area contributed by atoms with E-state index >= 15 is 0 Å². The summed E-state index contributed by atoms with van der Waals surface area (Å²) < 4.78 is 11.1. The lowest BCUT2D eigenvalue weighted by atomic mass is 10.1. The van der Waals surface area contributed by atoms with E-state index in [0.717, 1.165) is 4.90 Å². The van der Waals surface area contributed by atoms with E-state index < -0.39 is 11.8 Å². The highest BCUT2D eigenvalue weighted by Crippen LogP contribution is 2.38. The van der Waals surface area contributed by atoms with Gasteiger partial charge < -0.3 is 14.8 Å². The molecule has 2 aromatic carbocycles. The van der Waals surface area contributed by atoms with Gasteiger partial charge in [0.25, 0.3) is 11.8 Å². The molecule has 8 heteroatoms. The monoisotopic (exact) mass is 468 g/mol. The molecule has 0 radical (unpaired) electrons. The molecule has 1 N–H and O–H groups in total. The van der Waals surface area contributed by atoms with Crippen LogP contribution in [0.15, 0.2) is 65.7 Å². The zero-order valence-electron chi connectivity index (χ0n) is 17.7. The van der Waals surface area contributed by atoms with Crippen molar-refractivity contribution in [1.82, 2.24) is 0 Å². The topological polar surface area (TPSA) is 67.9 Å². The lowest BCUT2D eigenvalue weighted by molar-refractivity contribution is -0.120. The zero-order chi connectivity index (χ0) is 22.8. The van der Waals surface area contributed by atoms with Gasteiger partial charge in [-0.1, -0.05) is 17.7 Å². The van der Waals surface area contributed by atoms with Crippen LogP contribution in [0.4, 0.5) is 11.4 Å². The fourth-order valence-electron chi connectivity index (χ4n) is 3.39. The van der Waals surface area contributed by atoms with Crippen molar-refractivity contribution in [2.75, 3.05) is 17.3 Å². The number of ether oxygens (including phenoxy) is 2. The van der Waals surface area contributed by atoms with Gasteiger partial charge in [-0.25, -0.2) is 4.90 Å². The Morgan fingerprint density at radius 1 is 1.03 bits per heavy atom. The summed E-state index contributed by atoms with van der Waals surface area (Å²) >= 11 is 7.54. The number of nitrogens with one attached hydrogen (secondary N) is 1. The number of hydrogen-bond donors (Lipinski definition) is 1. The molecule has 1 aliphatic heterocycles. The van der Waals surface area contributed by atoms with Crippen LogP contribution in [0.1, 0.15) is 18.7 Å². The van der Waals surface area contributed by atoms with E-state index in [1.54, 1.807) is 42.5 Å². The number of thiophene rings is 1. The Morgan fingerprint density at radius 2 is 1.78 bits per heavy atom. The van der Waals surface area contributed by atoms with Gasteiger partial charge in [0.05, 0.1) is 30.2 Å². The first-order chi connectivity index (χ1) is 15.4. The number of benzene rings is 2. The zero-order valence-corrected chi connectivity index (χ0v) is 19.3. The van der Waals surface area contributed by atoms with Crippen molar-refractivity contribution in [3.63, 3.8) is 0 Å². The van der Waals surface area contributed by atoms with Crippen LogP contribution in [0.25, 0.3) is 5.57 Å². The van der Waals surface area contributed by atoms with E-state index in [2.05, 4.69) is 5.32 Å². The van der Waals surface area contributed by atoms with Crippen LogP contribution in [-0.2, 0) is 9.59 Å². The summed E-state index contributed by atoms with van der Waals surface area (Å²) in [7, 11) is 1.53. The first-order valence-corrected chi connectivity index (χ1v) is 11.2. The molecule has 4 rings (SSSR count). The number of carbonyl (C=O) groups excluding carboxylic acids is 2. The summed E-state index contributed by atoms with van der Waals surface area (Å²) in [4.78, 5) is 28.7. The molecule has 0 saturated heterocycles. The molecule has 2 amide bonds. The van der Waals surface area contributed by atoms with Crippen molar-refractivity contribution in [2.45, 2.75) is 20.0 Å². The predicted octanol–water partition coefficient (Wildman–Crippen LogP) is 5.59. The summed E-state index contributed by atoms with van der Waals surface area (Å²) in [5.74, 6) is 0.300. The molecule has 3 aromatic rings. The van der Waals surface area contributed by atoms with Gasteiger partial charge in [-0.05, 0) is 67.8 Å². The average Bonchev–Trinajstić information content (AvgIpc) is 3.36. The number of methoxy groups -OCH3 is 1. The Labute approximate surface area is 195 Å². The van der Waals surface area contributed by atoms with Gasteiger partial charge in [0.15, 0.2) is 0 Å². The second-order valence-corrected chi connectivity index (χ2v) is 8.69. The van der Waals surface area contributed by atoms with Crippen LogP contribution >= 0.6 is 22.9 Å². The molecule has 32 heavy (non-hydrogen) atoms. The lowest BCUT2D eigenvalue weighted by Gasteiger charge is -2.17. The van der Waals surface area contributed by atoms with E-state index in [0.29, 0.717) is 38.3 Å². The van der Waals surface area contributed by atoms with Crippen LogP contribution in [0.5, 0.6) is 11.5 Å². The predicted molar refractivity (Wildman–Crippen MR) is 128 cm³/mol. The van der Waals surface area contributed by atoms with Crippen LogP contribution in [0, 0.1) is 0 Å².